The number of hydrogen-bond donors (Lipinski definition) is 1. The van der Waals surface area contributed by atoms with Crippen molar-refractivity contribution in [3.63, 3.8) is 0 Å². The maximum Gasteiger partial charge on any atom is 0.264 e. The smallest absolute Gasteiger partial charge is 0.264 e. The Labute approximate surface area is 259 Å². The van der Waals surface area contributed by atoms with Gasteiger partial charge in [0.2, 0.25) is 11.8 Å². The fraction of sp³-hybridized carbons (Fsp3) is 0.375. The van der Waals surface area contributed by atoms with Gasteiger partial charge in [0.25, 0.3) is 10.0 Å². The van der Waals surface area contributed by atoms with Crippen LogP contribution >= 0.6 is 11.6 Å². The van der Waals surface area contributed by atoms with Crippen LogP contribution in [0.1, 0.15) is 45.2 Å². The van der Waals surface area contributed by atoms with Gasteiger partial charge in [0, 0.05) is 17.1 Å². The lowest BCUT2D eigenvalue weighted by Crippen LogP contribution is -2.55. The molecule has 3 aromatic carbocycles. The van der Waals surface area contributed by atoms with Crippen molar-refractivity contribution >= 4 is 39.1 Å². The quantitative estimate of drug-likeness (QED) is 0.280. The Morgan fingerprint density at radius 1 is 0.953 bits per heavy atom. The number of aryl methyl sites for hydroxylation is 1. The summed E-state index contributed by atoms with van der Waals surface area (Å²) in [7, 11) is -1.32. The molecule has 1 atom stereocenters. The second kappa shape index (κ2) is 14.1. The number of sulfonamides is 1. The average Bonchev–Trinajstić information content (AvgIpc) is 2.95. The van der Waals surface area contributed by atoms with E-state index in [-0.39, 0.29) is 33.8 Å². The highest BCUT2D eigenvalue weighted by Crippen LogP contribution is 2.35. The number of carbonyl (C=O) groups is 2. The van der Waals surface area contributed by atoms with Gasteiger partial charge in [0.05, 0.1) is 24.8 Å². The van der Waals surface area contributed by atoms with E-state index in [9.17, 15) is 18.0 Å². The molecule has 232 valence electrons. The van der Waals surface area contributed by atoms with Gasteiger partial charge in [-0.2, -0.15) is 0 Å². The molecule has 0 aliphatic rings. The maximum absolute atomic E-state index is 14.3. The summed E-state index contributed by atoms with van der Waals surface area (Å²) in [5, 5.41) is 3.22. The van der Waals surface area contributed by atoms with Crippen molar-refractivity contribution in [1.29, 1.82) is 0 Å². The van der Waals surface area contributed by atoms with Gasteiger partial charge in [0.15, 0.2) is 0 Å². The number of methoxy groups -OCH3 is 2. The minimum atomic E-state index is -4.28. The molecule has 0 unspecified atom stereocenters. The van der Waals surface area contributed by atoms with E-state index < -0.39 is 34.1 Å². The minimum absolute atomic E-state index is 0.00727. The van der Waals surface area contributed by atoms with Gasteiger partial charge in [-0.25, -0.2) is 8.42 Å². The lowest BCUT2D eigenvalue weighted by Gasteiger charge is -2.35. The molecule has 0 heterocycles. The molecule has 11 heteroatoms. The topological polar surface area (TPSA) is 105 Å². The fourth-order valence-electron chi connectivity index (χ4n) is 4.51. The van der Waals surface area contributed by atoms with Crippen LogP contribution in [0.4, 0.5) is 5.69 Å². The van der Waals surface area contributed by atoms with Crippen LogP contribution in [0, 0.1) is 6.92 Å². The normalized spacial score (nSPS) is 12.3. The maximum atomic E-state index is 14.3. The standard InChI is InChI=1S/C32H40ClN3O6S/c1-8-27(31(38)34-32(3,4)5)35(20-23-11-14-25(41-6)15-12-23)30(37)21-36(28-19-24(33)13-18-29(28)42-7)43(39,40)26-16-9-22(2)10-17-26/h9-19,27H,8,20-21H2,1-7H3,(H,34,38)/t27-/m1/s1. The molecule has 9 nitrogen and oxygen atoms in total. The molecule has 3 rings (SSSR count). The summed E-state index contributed by atoms with van der Waals surface area (Å²) in [4.78, 5) is 29.2. The number of nitrogens with one attached hydrogen (secondary N) is 1. The SMILES string of the molecule is CC[C@H](C(=O)NC(C)(C)C)N(Cc1ccc(OC)cc1)C(=O)CN(c1cc(Cl)ccc1OC)S(=O)(=O)c1ccc(C)cc1. The first kappa shape index (κ1) is 33.7. The number of amides is 2. The molecule has 3 aromatic rings. The Bertz CT molecular complexity index is 1520. The van der Waals surface area contributed by atoms with Crippen LogP contribution in [0.2, 0.25) is 5.02 Å². The van der Waals surface area contributed by atoms with Crippen LogP contribution in [-0.4, -0.2) is 57.5 Å². The monoisotopic (exact) mass is 629 g/mol. The first-order chi connectivity index (χ1) is 20.2. The Hall–Kier alpha value is -3.76. The zero-order valence-electron chi connectivity index (χ0n) is 25.7. The van der Waals surface area contributed by atoms with E-state index in [4.69, 9.17) is 21.1 Å². The van der Waals surface area contributed by atoms with E-state index in [1.165, 1.54) is 30.2 Å². The predicted octanol–water partition coefficient (Wildman–Crippen LogP) is 5.58. The molecule has 0 fully saturated rings. The Balaban J connectivity index is 2.13. The molecule has 0 bridgehead atoms. The fourth-order valence-corrected chi connectivity index (χ4v) is 6.09. The highest BCUT2D eigenvalue weighted by atomic mass is 35.5. The summed E-state index contributed by atoms with van der Waals surface area (Å²) in [6.45, 7) is 8.67. The number of anilines is 1. The van der Waals surface area contributed by atoms with Gasteiger partial charge in [-0.1, -0.05) is 48.4 Å². The van der Waals surface area contributed by atoms with Crippen molar-refractivity contribution in [2.75, 3.05) is 25.1 Å². The van der Waals surface area contributed by atoms with E-state index in [1.54, 1.807) is 55.6 Å². The Morgan fingerprint density at radius 2 is 1.58 bits per heavy atom. The molecule has 0 radical (unpaired) electrons. The third-order valence-electron chi connectivity index (χ3n) is 6.69. The van der Waals surface area contributed by atoms with Gasteiger partial charge in [-0.3, -0.25) is 13.9 Å². The molecule has 43 heavy (non-hydrogen) atoms. The second-order valence-electron chi connectivity index (χ2n) is 11.2. The molecule has 0 saturated carbocycles. The van der Waals surface area contributed by atoms with Crippen molar-refractivity contribution in [3.05, 3.63) is 82.9 Å². The molecule has 0 saturated heterocycles. The molecule has 0 spiro atoms. The zero-order valence-corrected chi connectivity index (χ0v) is 27.3. The third-order valence-corrected chi connectivity index (χ3v) is 8.70. The number of halogens is 1. The summed E-state index contributed by atoms with van der Waals surface area (Å²) in [6.07, 6.45) is 0.301. The zero-order chi connectivity index (χ0) is 31.9. The summed E-state index contributed by atoms with van der Waals surface area (Å²) in [5.41, 5.74) is 1.17. The van der Waals surface area contributed by atoms with E-state index in [1.807, 2.05) is 34.6 Å². The number of ether oxygens (including phenoxy) is 2. The van der Waals surface area contributed by atoms with Crippen LogP contribution in [0.25, 0.3) is 0 Å². The molecule has 0 aliphatic heterocycles. The highest BCUT2D eigenvalue weighted by Gasteiger charge is 2.35. The van der Waals surface area contributed by atoms with E-state index in [0.717, 1.165) is 15.4 Å². The lowest BCUT2D eigenvalue weighted by atomic mass is 10.1. The number of carbonyl (C=O) groups excluding carboxylic acids is 2. The van der Waals surface area contributed by atoms with Crippen molar-refractivity contribution in [2.24, 2.45) is 0 Å². The first-order valence-electron chi connectivity index (χ1n) is 13.9. The van der Waals surface area contributed by atoms with Gasteiger partial charge < -0.3 is 19.7 Å². The number of rotatable bonds is 12. The Morgan fingerprint density at radius 3 is 2.12 bits per heavy atom. The highest BCUT2D eigenvalue weighted by molar-refractivity contribution is 7.92. The summed E-state index contributed by atoms with van der Waals surface area (Å²) in [6, 6.07) is 17.1. The molecule has 1 N–H and O–H groups in total. The first-order valence-corrected chi connectivity index (χ1v) is 15.7. The molecule has 0 aromatic heterocycles. The van der Waals surface area contributed by atoms with Crippen LogP contribution in [-0.2, 0) is 26.2 Å². The van der Waals surface area contributed by atoms with E-state index in [2.05, 4.69) is 5.32 Å². The van der Waals surface area contributed by atoms with Gasteiger partial charge in [-0.05, 0) is 82.1 Å². The van der Waals surface area contributed by atoms with Crippen LogP contribution < -0.4 is 19.1 Å². The van der Waals surface area contributed by atoms with E-state index >= 15 is 0 Å². The van der Waals surface area contributed by atoms with Crippen molar-refractivity contribution in [2.45, 2.75) is 64.1 Å². The van der Waals surface area contributed by atoms with Gasteiger partial charge in [0.1, 0.15) is 24.1 Å². The second-order valence-corrected chi connectivity index (χ2v) is 13.5. The van der Waals surface area contributed by atoms with Crippen LogP contribution in [0.5, 0.6) is 11.5 Å². The van der Waals surface area contributed by atoms with Gasteiger partial charge >= 0.3 is 0 Å². The number of benzene rings is 3. The van der Waals surface area contributed by atoms with Gasteiger partial charge in [-0.15, -0.1) is 0 Å². The predicted molar refractivity (Wildman–Crippen MR) is 169 cm³/mol. The number of nitrogens with zero attached hydrogens (tertiary/aromatic N) is 2. The van der Waals surface area contributed by atoms with Crippen molar-refractivity contribution < 1.29 is 27.5 Å². The van der Waals surface area contributed by atoms with Crippen LogP contribution in [0.15, 0.2) is 71.6 Å². The molecular formula is C32H40ClN3O6S. The van der Waals surface area contributed by atoms with Crippen molar-refractivity contribution in [3.8, 4) is 11.5 Å². The molecule has 2 amide bonds. The largest absolute Gasteiger partial charge is 0.497 e. The van der Waals surface area contributed by atoms with Crippen LogP contribution in [0.3, 0.4) is 0 Å². The summed E-state index contributed by atoms with van der Waals surface area (Å²) >= 11 is 6.31. The molecular weight excluding hydrogens is 590 g/mol. The Kier molecular flexibility index (Phi) is 11.1. The minimum Gasteiger partial charge on any atom is -0.497 e. The third kappa shape index (κ3) is 8.64. The number of hydrogen-bond acceptors (Lipinski definition) is 6. The summed E-state index contributed by atoms with van der Waals surface area (Å²) in [5.74, 6) is -0.0655. The average molecular weight is 630 g/mol. The van der Waals surface area contributed by atoms with E-state index in [0.29, 0.717) is 12.2 Å². The van der Waals surface area contributed by atoms with Crippen molar-refractivity contribution in [1.82, 2.24) is 10.2 Å². The summed E-state index contributed by atoms with van der Waals surface area (Å²) < 4.78 is 40.0. The molecule has 0 aliphatic carbocycles. The lowest BCUT2D eigenvalue weighted by molar-refractivity contribution is -0.141.